The summed E-state index contributed by atoms with van der Waals surface area (Å²) in [5.41, 5.74) is 0.642. The van der Waals surface area contributed by atoms with Gasteiger partial charge in [-0.2, -0.15) is 5.10 Å². The lowest BCUT2D eigenvalue weighted by Gasteiger charge is -2.10. The maximum atomic E-state index is 10.9. The van der Waals surface area contributed by atoms with Crippen molar-refractivity contribution in [2.75, 3.05) is 0 Å². The van der Waals surface area contributed by atoms with Crippen molar-refractivity contribution in [2.24, 2.45) is 0 Å². The molecule has 1 aromatic rings. The van der Waals surface area contributed by atoms with Crippen molar-refractivity contribution in [1.29, 1.82) is 0 Å². The summed E-state index contributed by atoms with van der Waals surface area (Å²) in [5, 5.41) is 13.5. The molecule has 1 heterocycles. The third kappa shape index (κ3) is 1.74. The third-order valence-electron chi connectivity index (χ3n) is 2.91. The first-order valence-electron chi connectivity index (χ1n) is 5.09. The minimum absolute atomic E-state index is 0.142. The molecule has 1 aliphatic rings. The van der Waals surface area contributed by atoms with E-state index >= 15 is 0 Å². The number of aryl methyl sites for hydroxylation is 1. The Balaban J connectivity index is 2.40. The molecule has 1 fully saturated rings. The fraction of sp³-hybridized carbons (Fsp3) is 0.600. The number of nitrogens with zero attached hydrogens (tertiary/aromatic N) is 2. The summed E-state index contributed by atoms with van der Waals surface area (Å²) in [6.45, 7) is 1.68. The largest absolute Gasteiger partial charge is 0.478 e. The summed E-state index contributed by atoms with van der Waals surface area (Å²) in [6, 6.07) is 0.282. The standard InChI is InChI=1S/C10H13ClN2O2/c1-6-8(10(14)15)9(11)13(12-6)7-4-2-3-5-7/h7H,2-5H2,1H3,(H,14,15). The first-order chi connectivity index (χ1) is 7.11. The Morgan fingerprint density at radius 2 is 2.13 bits per heavy atom. The van der Waals surface area contributed by atoms with E-state index in [0.717, 1.165) is 12.8 Å². The van der Waals surface area contributed by atoms with Crippen LogP contribution >= 0.6 is 11.6 Å². The zero-order valence-corrected chi connectivity index (χ0v) is 9.29. The zero-order chi connectivity index (χ0) is 11.0. The fourth-order valence-electron chi connectivity index (χ4n) is 2.15. The minimum Gasteiger partial charge on any atom is -0.478 e. The molecule has 0 saturated heterocycles. The van der Waals surface area contributed by atoms with Crippen molar-refractivity contribution in [3.63, 3.8) is 0 Å². The molecule has 1 aromatic heterocycles. The molecule has 82 valence electrons. The normalized spacial score (nSPS) is 17.2. The summed E-state index contributed by atoms with van der Waals surface area (Å²) in [7, 11) is 0. The molecule has 1 N–H and O–H groups in total. The Morgan fingerprint density at radius 3 is 2.60 bits per heavy atom. The average Bonchev–Trinajstić information content (AvgIpc) is 2.72. The van der Waals surface area contributed by atoms with E-state index in [1.54, 1.807) is 11.6 Å². The van der Waals surface area contributed by atoms with Gasteiger partial charge in [-0.15, -0.1) is 0 Å². The number of hydrogen-bond donors (Lipinski definition) is 1. The van der Waals surface area contributed by atoms with Gasteiger partial charge >= 0.3 is 5.97 Å². The Kier molecular flexibility index (Phi) is 2.69. The third-order valence-corrected chi connectivity index (χ3v) is 3.27. The van der Waals surface area contributed by atoms with Gasteiger partial charge in [-0.25, -0.2) is 9.48 Å². The van der Waals surface area contributed by atoms with Crippen molar-refractivity contribution in [1.82, 2.24) is 9.78 Å². The summed E-state index contributed by atoms with van der Waals surface area (Å²) < 4.78 is 1.67. The molecule has 0 unspecified atom stereocenters. The Hall–Kier alpha value is -1.03. The summed E-state index contributed by atoms with van der Waals surface area (Å²) in [5.74, 6) is -0.998. The highest BCUT2D eigenvalue weighted by Crippen LogP contribution is 2.33. The van der Waals surface area contributed by atoms with Crippen LogP contribution in [0.5, 0.6) is 0 Å². The highest BCUT2D eigenvalue weighted by molar-refractivity contribution is 6.32. The first kappa shape index (κ1) is 10.5. The average molecular weight is 229 g/mol. The quantitative estimate of drug-likeness (QED) is 0.847. The molecule has 2 rings (SSSR count). The highest BCUT2D eigenvalue weighted by atomic mass is 35.5. The van der Waals surface area contributed by atoms with Crippen molar-refractivity contribution in [2.45, 2.75) is 38.6 Å². The predicted molar refractivity (Wildman–Crippen MR) is 56.4 cm³/mol. The molecule has 1 saturated carbocycles. The molecule has 4 nitrogen and oxygen atoms in total. The van der Waals surface area contributed by atoms with Crippen molar-refractivity contribution >= 4 is 17.6 Å². The highest BCUT2D eigenvalue weighted by Gasteiger charge is 2.25. The second-order valence-electron chi connectivity index (χ2n) is 3.94. The summed E-state index contributed by atoms with van der Waals surface area (Å²) in [6.07, 6.45) is 4.42. The second-order valence-corrected chi connectivity index (χ2v) is 4.30. The van der Waals surface area contributed by atoms with Crippen molar-refractivity contribution < 1.29 is 9.90 Å². The van der Waals surface area contributed by atoms with Crippen LogP contribution in [-0.4, -0.2) is 20.9 Å². The molecule has 0 bridgehead atoms. The predicted octanol–water partition coefficient (Wildman–Crippen LogP) is 2.66. The van der Waals surface area contributed by atoms with Crippen LogP contribution in [0.2, 0.25) is 5.15 Å². The van der Waals surface area contributed by atoms with Crippen molar-refractivity contribution in [3.8, 4) is 0 Å². The van der Waals surface area contributed by atoms with E-state index in [1.807, 2.05) is 0 Å². The SMILES string of the molecule is Cc1nn(C2CCCC2)c(Cl)c1C(=O)O. The number of aromatic carboxylic acids is 1. The maximum absolute atomic E-state index is 10.9. The molecule has 0 spiro atoms. The topological polar surface area (TPSA) is 55.1 Å². The number of aromatic nitrogens is 2. The van der Waals surface area contributed by atoms with Crippen LogP contribution in [0.4, 0.5) is 0 Å². The van der Waals surface area contributed by atoms with E-state index in [9.17, 15) is 4.79 Å². The summed E-state index contributed by atoms with van der Waals surface area (Å²) >= 11 is 6.02. The zero-order valence-electron chi connectivity index (χ0n) is 8.53. The van der Waals surface area contributed by atoms with Gasteiger partial charge in [0.15, 0.2) is 0 Å². The van der Waals surface area contributed by atoms with Gasteiger partial charge in [-0.05, 0) is 19.8 Å². The van der Waals surface area contributed by atoms with Crippen molar-refractivity contribution in [3.05, 3.63) is 16.4 Å². The van der Waals surface area contributed by atoms with Gasteiger partial charge < -0.3 is 5.11 Å². The van der Waals surface area contributed by atoms with Crippen LogP contribution < -0.4 is 0 Å². The Bertz CT molecular complexity index is 394. The Morgan fingerprint density at radius 1 is 1.53 bits per heavy atom. The molecule has 15 heavy (non-hydrogen) atoms. The number of rotatable bonds is 2. The molecule has 5 heteroatoms. The number of hydrogen-bond acceptors (Lipinski definition) is 2. The van der Waals surface area contributed by atoms with Crippen LogP contribution in [0.1, 0.15) is 47.8 Å². The number of halogens is 1. The monoisotopic (exact) mass is 228 g/mol. The van der Waals surface area contributed by atoms with Crippen LogP contribution in [0.3, 0.4) is 0 Å². The van der Waals surface area contributed by atoms with Crippen LogP contribution in [0.25, 0.3) is 0 Å². The van der Waals surface area contributed by atoms with E-state index in [1.165, 1.54) is 12.8 Å². The van der Waals surface area contributed by atoms with Gasteiger partial charge in [0.1, 0.15) is 10.7 Å². The van der Waals surface area contributed by atoms with E-state index in [2.05, 4.69) is 5.10 Å². The second kappa shape index (κ2) is 3.85. The maximum Gasteiger partial charge on any atom is 0.340 e. The minimum atomic E-state index is -0.998. The van der Waals surface area contributed by atoms with Crippen LogP contribution in [0, 0.1) is 6.92 Å². The number of carboxylic acids is 1. The van der Waals surface area contributed by atoms with Gasteiger partial charge in [-0.3, -0.25) is 0 Å². The van der Waals surface area contributed by atoms with Crippen LogP contribution in [-0.2, 0) is 0 Å². The lowest BCUT2D eigenvalue weighted by atomic mass is 10.2. The molecular weight excluding hydrogens is 216 g/mol. The number of carboxylic acid groups (broad SMARTS) is 1. The molecule has 0 aliphatic heterocycles. The van der Waals surface area contributed by atoms with Gasteiger partial charge in [0, 0.05) is 0 Å². The molecule has 0 radical (unpaired) electrons. The first-order valence-corrected chi connectivity index (χ1v) is 5.47. The van der Waals surface area contributed by atoms with E-state index in [-0.39, 0.29) is 16.8 Å². The molecule has 0 atom stereocenters. The smallest absolute Gasteiger partial charge is 0.340 e. The van der Waals surface area contributed by atoms with E-state index < -0.39 is 5.97 Å². The lowest BCUT2D eigenvalue weighted by molar-refractivity contribution is 0.0696. The van der Waals surface area contributed by atoms with E-state index in [0.29, 0.717) is 5.69 Å². The van der Waals surface area contributed by atoms with Gasteiger partial charge in [0.25, 0.3) is 0 Å². The van der Waals surface area contributed by atoms with E-state index in [4.69, 9.17) is 16.7 Å². The lowest BCUT2D eigenvalue weighted by Crippen LogP contribution is -2.07. The molecule has 0 aromatic carbocycles. The van der Waals surface area contributed by atoms with Gasteiger partial charge in [0.2, 0.25) is 0 Å². The fourth-order valence-corrected chi connectivity index (χ4v) is 2.55. The van der Waals surface area contributed by atoms with Crippen LogP contribution in [0.15, 0.2) is 0 Å². The summed E-state index contributed by atoms with van der Waals surface area (Å²) in [4.78, 5) is 10.9. The Labute approximate surface area is 92.8 Å². The molecular formula is C10H13ClN2O2. The molecule has 0 amide bonds. The number of carbonyl (C=O) groups is 1. The van der Waals surface area contributed by atoms with Gasteiger partial charge in [-0.1, -0.05) is 24.4 Å². The molecule has 1 aliphatic carbocycles. The van der Waals surface area contributed by atoms with Gasteiger partial charge in [0.05, 0.1) is 11.7 Å².